The van der Waals surface area contributed by atoms with E-state index in [1.54, 1.807) is 23.1 Å². The summed E-state index contributed by atoms with van der Waals surface area (Å²) in [6.07, 6.45) is 2.57. The topological polar surface area (TPSA) is 75.7 Å². The predicted molar refractivity (Wildman–Crippen MR) is 73.5 cm³/mol. The lowest BCUT2D eigenvalue weighted by Crippen LogP contribution is -2.38. The Balaban J connectivity index is 1.82. The van der Waals surface area contributed by atoms with Gasteiger partial charge in [-0.05, 0) is 31.4 Å². The van der Waals surface area contributed by atoms with Gasteiger partial charge in [0.2, 0.25) is 10.0 Å². The van der Waals surface area contributed by atoms with E-state index in [0.717, 1.165) is 19.3 Å². The summed E-state index contributed by atoms with van der Waals surface area (Å²) in [5.41, 5.74) is 0. The zero-order chi connectivity index (χ0) is 14.4. The predicted octanol–water partition coefficient (Wildman–Crippen LogP) is 1.54. The molecule has 0 spiro atoms. The molecular formula is C13H18N2O4S. The molecule has 1 N–H and O–H groups in total. The number of likely N-dealkylation sites (tertiary alicyclic amines) is 1. The number of carbonyl (C=O) groups excluding carboxylic acids is 1. The Bertz CT molecular complexity index is 539. The summed E-state index contributed by atoms with van der Waals surface area (Å²) in [4.78, 5) is 13.4. The molecule has 0 bridgehead atoms. The minimum Gasteiger partial charge on any atom is -0.432 e. The number of piperidine rings is 1. The number of rotatable bonds is 4. The van der Waals surface area contributed by atoms with Crippen molar-refractivity contribution in [2.45, 2.75) is 24.2 Å². The van der Waals surface area contributed by atoms with Crippen molar-refractivity contribution in [3.05, 3.63) is 30.3 Å². The molecule has 0 atom stereocenters. The minimum atomic E-state index is -3.63. The van der Waals surface area contributed by atoms with Crippen LogP contribution in [0, 0.1) is 0 Å². The highest BCUT2D eigenvalue weighted by Gasteiger charge is 2.19. The van der Waals surface area contributed by atoms with Crippen LogP contribution in [0.1, 0.15) is 19.3 Å². The number of carbonyl (C=O) groups is 1. The molecule has 1 aromatic carbocycles. The van der Waals surface area contributed by atoms with Gasteiger partial charge in [-0.2, -0.15) is 4.72 Å². The van der Waals surface area contributed by atoms with Gasteiger partial charge in [-0.15, -0.1) is 0 Å². The molecule has 1 saturated heterocycles. The van der Waals surface area contributed by atoms with Crippen LogP contribution in [0.4, 0.5) is 4.79 Å². The first kappa shape index (κ1) is 14.8. The Morgan fingerprint density at radius 3 is 2.45 bits per heavy atom. The number of hydrogen-bond donors (Lipinski definition) is 1. The second-order valence-electron chi connectivity index (χ2n) is 4.56. The van der Waals surface area contributed by atoms with E-state index in [-0.39, 0.29) is 11.6 Å². The number of nitrogens with zero attached hydrogens (tertiary/aromatic N) is 1. The third-order valence-corrected chi connectivity index (χ3v) is 4.50. The van der Waals surface area contributed by atoms with Gasteiger partial charge >= 0.3 is 6.09 Å². The SMILES string of the molecule is O=C(OCNS(=O)(=O)c1ccccc1)N1CCCCC1. The minimum absolute atomic E-state index is 0.147. The zero-order valence-corrected chi connectivity index (χ0v) is 11.9. The largest absolute Gasteiger partial charge is 0.432 e. The summed E-state index contributed by atoms with van der Waals surface area (Å²) in [5, 5.41) is 0. The van der Waals surface area contributed by atoms with Crippen LogP contribution in [0.2, 0.25) is 0 Å². The monoisotopic (exact) mass is 298 g/mol. The van der Waals surface area contributed by atoms with Gasteiger partial charge in [0.05, 0.1) is 4.90 Å². The molecule has 0 aromatic heterocycles. The maximum atomic E-state index is 11.9. The van der Waals surface area contributed by atoms with E-state index in [1.807, 2.05) is 0 Å². The highest BCUT2D eigenvalue weighted by molar-refractivity contribution is 7.89. The summed E-state index contributed by atoms with van der Waals surface area (Å²) in [6, 6.07) is 7.96. The molecule has 1 aromatic rings. The molecule has 110 valence electrons. The van der Waals surface area contributed by atoms with Crippen molar-refractivity contribution in [2.75, 3.05) is 19.8 Å². The second-order valence-corrected chi connectivity index (χ2v) is 6.33. The van der Waals surface area contributed by atoms with Crippen molar-refractivity contribution < 1.29 is 17.9 Å². The molecule has 0 radical (unpaired) electrons. The van der Waals surface area contributed by atoms with Crippen LogP contribution in [0.25, 0.3) is 0 Å². The van der Waals surface area contributed by atoms with Gasteiger partial charge in [0.1, 0.15) is 0 Å². The smallest absolute Gasteiger partial charge is 0.411 e. The van der Waals surface area contributed by atoms with Crippen molar-refractivity contribution >= 4 is 16.1 Å². The summed E-state index contributed by atoms with van der Waals surface area (Å²) in [7, 11) is -3.63. The zero-order valence-electron chi connectivity index (χ0n) is 11.1. The van der Waals surface area contributed by atoms with Crippen LogP contribution in [0.3, 0.4) is 0 Å². The Hall–Kier alpha value is -1.60. The van der Waals surface area contributed by atoms with Crippen LogP contribution in [-0.4, -0.2) is 39.2 Å². The van der Waals surface area contributed by atoms with Crippen molar-refractivity contribution in [3.8, 4) is 0 Å². The van der Waals surface area contributed by atoms with E-state index in [2.05, 4.69) is 4.72 Å². The summed E-state index contributed by atoms with van der Waals surface area (Å²) in [6.45, 7) is 0.987. The van der Waals surface area contributed by atoms with Crippen LogP contribution in [0.5, 0.6) is 0 Å². The first-order chi connectivity index (χ1) is 9.59. The number of nitrogens with one attached hydrogen (secondary N) is 1. The van der Waals surface area contributed by atoms with Gasteiger partial charge in [-0.25, -0.2) is 13.2 Å². The molecule has 7 heteroatoms. The van der Waals surface area contributed by atoms with Crippen LogP contribution >= 0.6 is 0 Å². The standard InChI is InChI=1S/C13H18N2O4S/c16-13(15-9-5-2-6-10-15)19-11-14-20(17,18)12-7-3-1-4-8-12/h1,3-4,7-8,14H,2,5-6,9-11H2. The van der Waals surface area contributed by atoms with E-state index in [4.69, 9.17) is 4.74 Å². The summed E-state index contributed by atoms with van der Waals surface area (Å²) in [5.74, 6) is 0. The average molecular weight is 298 g/mol. The third-order valence-electron chi connectivity index (χ3n) is 3.11. The summed E-state index contributed by atoms with van der Waals surface area (Å²) >= 11 is 0. The quantitative estimate of drug-likeness (QED) is 0.856. The molecule has 0 aliphatic carbocycles. The molecule has 0 saturated carbocycles. The van der Waals surface area contributed by atoms with Gasteiger partial charge in [-0.3, -0.25) is 0 Å². The normalized spacial score (nSPS) is 15.9. The van der Waals surface area contributed by atoms with Crippen molar-refractivity contribution in [2.24, 2.45) is 0 Å². The van der Waals surface area contributed by atoms with Crippen LogP contribution < -0.4 is 4.72 Å². The number of hydrogen-bond acceptors (Lipinski definition) is 4. The molecular weight excluding hydrogens is 280 g/mol. The highest BCUT2D eigenvalue weighted by atomic mass is 32.2. The highest BCUT2D eigenvalue weighted by Crippen LogP contribution is 2.10. The fourth-order valence-electron chi connectivity index (χ4n) is 2.02. The van der Waals surface area contributed by atoms with E-state index < -0.39 is 16.1 Å². The number of ether oxygens (including phenoxy) is 1. The van der Waals surface area contributed by atoms with Crippen molar-refractivity contribution in [1.82, 2.24) is 9.62 Å². The molecule has 1 fully saturated rings. The van der Waals surface area contributed by atoms with E-state index >= 15 is 0 Å². The van der Waals surface area contributed by atoms with E-state index in [0.29, 0.717) is 13.1 Å². The van der Waals surface area contributed by atoms with E-state index in [9.17, 15) is 13.2 Å². The molecule has 6 nitrogen and oxygen atoms in total. The fraction of sp³-hybridized carbons (Fsp3) is 0.462. The first-order valence-corrected chi connectivity index (χ1v) is 8.04. The number of benzene rings is 1. The van der Waals surface area contributed by atoms with Gasteiger partial charge < -0.3 is 9.64 Å². The van der Waals surface area contributed by atoms with Gasteiger partial charge in [0, 0.05) is 13.1 Å². The van der Waals surface area contributed by atoms with E-state index in [1.165, 1.54) is 12.1 Å². The second kappa shape index (κ2) is 6.71. The number of sulfonamides is 1. The molecule has 20 heavy (non-hydrogen) atoms. The Morgan fingerprint density at radius 2 is 1.80 bits per heavy atom. The average Bonchev–Trinajstić information content (AvgIpc) is 2.49. The molecule has 1 aliphatic heterocycles. The first-order valence-electron chi connectivity index (χ1n) is 6.56. The lowest BCUT2D eigenvalue weighted by Gasteiger charge is -2.25. The van der Waals surface area contributed by atoms with Gasteiger partial charge in [0.25, 0.3) is 0 Å². The molecule has 2 rings (SSSR count). The van der Waals surface area contributed by atoms with Crippen LogP contribution in [0.15, 0.2) is 35.2 Å². The fourth-order valence-corrected chi connectivity index (χ4v) is 2.92. The molecule has 1 amide bonds. The maximum Gasteiger partial charge on any atom is 0.411 e. The van der Waals surface area contributed by atoms with Crippen molar-refractivity contribution in [3.63, 3.8) is 0 Å². The van der Waals surface area contributed by atoms with Gasteiger partial charge in [0.15, 0.2) is 6.73 Å². The summed E-state index contributed by atoms with van der Waals surface area (Å²) < 4.78 is 30.9. The van der Waals surface area contributed by atoms with Crippen molar-refractivity contribution in [1.29, 1.82) is 0 Å². The third kappa shape index (κ3) is 3.94. The molecule has 0 unspecified atom stereocenters. The maximum absolute atomic E-state index is 11.9. The Morgan fingerprint density at radius 1 is 1.15 bits per heavy atom. The number of amides is 1. The molecule has 1 aliphatic rings. The lowest BCUT2D eigenvalue weighted by molar-refractivity contribution is 0.0940. The van der Waals surface area contributed by atoms with Crippen LogP contribution in [-0.2, 0) is 14.8 Å². The van der Waals surface area contributed by atoms with Gasteiger partial charge in [-0.1, -0.05) is 18.2 Å². The Labute approximate surface area is 118 Å². The Kier molecular flexibility index (Phi) is 4.97. The molecule has 1 heterocycles. The lowest BCUT2D eigenvalue weighted by atomic mass is 10.1.